The highest BCUT2D eigenvalue weighted by atomic mass is 16.7. The lowest BCUT2D eigenvalue weighted by Gasteiger charge is -2.21. The van der Waals surface area contributed by atoms with Gasteiger partial charge in [-0.25, -0.2) is 0 Å². The van der Waals surface area contributed by atoms with Crippen LogP contribution in [0.3, 0.4) is 0 Å². The van der Waals surface area contributed by atoms with Crippen LogP contribution in [0.15, 0.2) is 0 Å². The van der Waals surface area contributed by atoms with E-state index in [0.29, 0.717) is 12.1 Å². The molecule has 4 nitrogen and oxygen atoms in total. The Morgan fingerprint density at radius 3 is 2.64 bits per heavy atom. The summed E-state index contributed by atoms with van der Waals surface area (Å²) in [6.07, 6.45) is 2.67. The molecule has 2 rings (SSSR count). The van der Waals surface area contributed by atoms with E-state index in [-0.39, 0.29) is 6.29 Å². The summed E-state index contributed by atoms with van der Waals surface area (Å²) in [6.45, 7) is 5.28. The second kappa shape index (κ2) is 5.07. The Morgan fingerprint density at radius 2 is 2.00 bits per heavy atom. The summed E-state index contributed by atoms with van der Waals surface area (Å²) < 4.78 is 16.3. The number of ether oxygens (including phenoxy) is 3. The lowest BCUT2D eigenvalue weighted by Crippen LogP contribution is -2.41. The molecule has 4 heteroatoms. The summed E-state index contributed by atoms with van der Waals surface area (Å²) in [7, 11) is 0. The first-order chi connectivity index (χ1) is 6.86. The molecule has 14 heavy (non-hydrogen) atoms. The van der Waals surface area contributed by atoms with Crippen LogP contribution >= 0.6 is 0 Å². The van der Waals surface area contributed by atoms with E-state index in [2.05, 4.69) is 12.2 Å². The largest absolute Gasteiger partial charge is 0.377 e. The molecule has 2 atom stereocenters. The Bertz CT molecular complexity index is 165. The van der Waals surface area contributed by atoms with E-state index >= 15 is 0 Å². The molecule has 0 radical (unpaired) electrons. The summed E-state index contributed by atoms with van der Waals surface area (Å²) in [6, 6.07) is 0.394. The molecular weight excluding hydrogens is 182 g/mol. The van der Waals surface area contributed by atoms with Crippen molar-refractivity contribution in [3.05, 3.63) is 0 Å². The van der Waals surface area contributed by atoms with E-state index in [0.717, 1.165) is 26.4 Å². The minimum absolute atomic E-state index is 0.0566. The van der Waals surface area contributed by atoms with Crippen LogP contribution in [0.4, 0.5) is 0 Å². The average Bonchev–Trinajstić information content (AvgIpc) is 2.87. The standard InChI is InChI=1S/C10H19NO3/c1-8(9-3-2-4-12-9)11-7-10-13-5-6-14-10/h8-11H,2-7H2,1H3/t8-,9+/m1/s1. The van der Waals surface area contributed by atoms with Gasteiger partial charge in [-0.05, 0) is 19.8 Å². The van der Waals surface area contributed by atoms with Crippen LogP contribution in [-0.2, 0) is 14.2 Å². The van der Waals surface area contributed by atoms with Gasteiger partial charge in [-0.15, -0.1) is 0 Å². The van der Waals surface area contributed by atoms with Gasteiger partial charge in [0, 0.05) is 19.2 Å². The summed E-state index contributed by atoms with van der Waals surface area (Å²) in [5.74, 6) is 0. The minimum atomic E-state index is -0.0566. The van der Waals surface area contributed by atoms with Crippen molar-refractivity contribution in [2.24, 2.45) is 0 Å². The number of nitrogens with one attached hydrogen (secondary N) is 1. The van der Waals surface area contributed by atoms with Crippen molar-refractivity contribution in [3.8, 4) is 0 Å². The van der Waals surface area contributed by atoms with Gasteiger partial charge in [0.15, 0.2) is 6.29 Å². The number of hydrogen-bond acceptors (Lipinski definition) is 4. The highest BCUT2D eigenvalue weighted by Crippen LogP contribution is 2.15. The fraction of sp³-hybridized carbons (Fsp3) is 1.00. The molecule has 2 aliphatic heterocycles. The van der Waals surface area contributed by atoms with Gasteiger partial charge < -0.3 is 19.5 Å². The molecule has 0 aromatic heterocycles. The van der Waals surface area contributed by atoms with Gasteiger partial charge in [-0.3, -0.25) is 0 Å². The smallest absolute Gasteiger partial charge is 0.170 e. The van der Waals surface area contributed by atoms with Crippen molar-refractivity contribution >= 4 is 0 Å². The summed E-state index contributed by atoms with van der Waals surface area (Å²) >= 11 is 0. The van der Waals surface area contributed by atoms with Crippen molar-refractivity contribution in [3.63, 3.8) is 0 Å². The average molecular weight is 201 g/mol. The molecule has 0 bridgehead atoms. The van der Waals surface area contributed by atoms with E-state index in [9.17, 15) is 0 Å². The third kappa shape index (κ3) is 2.67. The molecular formula is C10H19NO3. The normalized spacial score (nSPS) is 31.1. The zero-order valence-electron chi connectivity index (χ0n) is 8.70. The Kier molecular flexibility index (Phi) is 3.75. The maximum absolute atomic E-state index is 5.59. The zero-order valence-corrected chi connectivity index (χ0v) is 8.70. The first-order valence-electron chi connectivity index (χ1n) is 5.44. The van der Waals surface area contributed by atoms with Crippen molar-refractivity contribution in [1.82, 2.24) is 5.32 Å². The fourth-order valence-electron chi connectivity index (χ4n) is 1.94. The van der Waals surface area contributed by atoms with Crippen LogP contribution < -0.4 is 5.32 Å². The number of hydrogen-bond donors (Lipinski definition) is 1. The predicted molar refractivity (Wildman–Crippen MR) is 52.1 cm³/mol. The SMILES string of the molecule is C[C@@H](NCC1OCCO1)[C@@H]1CCCO1. The van der Waals surface area contributed by atoms with Crippen molar-refractivity contribution < 1.29 is 14.2 Å². The first-order valence-corrected chi connectivity index (χ1v) is 5.44. The van der Waals surface area contributed by atoms with Crippen molar-refractivity contribution in [2.45, 2.75) is 38.2 Å². The van der Waals surface area contributed by atoms with Crippen LogP contribution in [0.1, 0.15) is 19.8 Å². The van der Waals surface area contributed by atoms with Crippen LogP contribution in [0.25, 0.3) is 0 Å². The molecule has 0 spiro atoms. The quantitative estimate of drug-likeness (QED) is 0.719. The van der Waals surface area contributed by atoms with Crippen LogP contribution in [0.2, 0.25) is 0 Å². The van der Waals surface area contributed by atoms with Gasteiger partial charge in [0.05, 0.1) is 19.3 Å². The Labute approximate surface area is 84.9 Å². The van der Waals surface area contributed by atoms with Gasteiger partial charge in [0.2, 0.25) is 0 Å². The highest BCUT2D eigenvalue weighted by molar-refractivity contribution is 4.77. The van der Waals surface area contributed by atoms with Crippen molar-refractivity contribution in [2.75, 3.05) is 26.4 Å². The second-order valence-corrected chi connectivity index (χ2v) is 3.92. The summed E-state index contributed by atoms with van der Waals surface area (Å²) in [5, 5.41) is 3.39. The molecule has 1 N–H and O–H groups in total. The van der Waals surface area contributed by atoms with Crippen LogP contribution in [0, 0.1) is 0 Å². The molecule has 2 saturated heterocycles. The molecule has 0 aromatic rings. The molecule has 0 aliphatic carbocycles. The maximum atomic E-state index is 5.59. The second-order valence-electron chi connectivity index (χ2n) is 3.92. The third-order valence-corrected chi connectivity index (χ3v) is 2.82. The molecule has 0 aromatic carbocycles. The van der Waals surface area contributed by atoms with Gasteiger partial charge in [0.25, 0.3) is 0 Å². The molecule has 0 saturated carbocycles. The maximum Gasteiger partial charge on any atom is 0.170 e. The Hall–Kier alpha value is -0.160. The van der Waals surface area contributed by atoms with Gasteiger partial charge in [-0.2, -0.15) is 0 Å². The Balaban J connectivity index is 1.63. The lowest BCUT2D eigenvalue weighted by atomic mass is 10.1. The molecule has 0 unspecified atom stereocenters. The Morgan fingerprint density at radius 1 is 1.21 bits per heavy atom. The van der Waals surface area contributed by atoms with Crippen molar-refractivity contribution in [1.29, 1.82) is 0 Å². The number of rotatable bonds is 4. The van der Waals surface area contributed by atoms with E-state index in [1.165, 1.54) is 12.8 Å². The third-order valence-electron chi connectivity index (χ3n) is 2.82. The van der Waals surface area contributed by atoms with Gasteiger partial charge >= 0.3 is 0 Å². The highest BCUT2D eigenvalue weighted by Gasteiger charge is 2.23. The minimum Gasteiger partial charge on any atom is -0.377 e. The van der Waals surface area contributed by atoms with Crippen LogP contribution in [0.5, 0.6) is 0 Å². The van der Waals surface area contributed by atoms with Crippen LogP contribution in [-0.4, -0.2) is 44.8 Å². The molecule has 82 valence electrons. The topological polar surface area (TPSA) is 39.7 Å². The summed E-state index contributed by atoms with van der Waals surface area (Å²) in [4.78, 5) is 0. The molecule has 0 amide bonds. The first kappa shape index (κ1) is 10.4. The molecule has 2 heterocycles. The van der Waals surface area contributed by atoms with E-state index in [1.54, 1.807) is 0 Å². The van der Waals surface area contributed by atoms with E-state index in [4.69, 9.17) is 14.2 Å². The lowest BCUT2D eigenvalue weighted by molar-refractivity contribution is -0.0435. The fourth-order valence-corrected chi connectivity index (χ4v) is 1.94. The summed E-state index contributed by atoms with van der Waals surface area (Å²) in [5.41, 5.74) is 0. The predicted octanol–water partition coefficient (Wildman–Crippen LogP) is 0.516. The molecule has 2 aliphatic rings. The van der Waals surface area contributed by atoms with E-state index in [1.807, 2.05) is 0 Å². The van der Waals surface area contributed by atoms with Gasteiger partial charge in [0.1, 0.15) is 0 Å². The van der Waals surface area contributed by atoms with Gasteiger partial charge in [-0.1, -0.05) is 0 Å². The zero-order chi connectivity index (χ0) is 9.80. The monoisotopic (exact) mass is 201 g/mol. The molecule has 2 fully saturated rings. The van der Waals surface area contributed by atoms with E-state index < -0.39 is 0 Å².